The molecule has 0 spiro atoms. The minimum Gasteiger partial charge on any atom is -0.298 e. The minimum atomic E-state index is -4.53. The number of hydrogen-bond acceptors (Lipinski definition) is 3. The molecule has 0 atom stereocenters. The largest absolute Gasteiger partial charge is 0.341 e. The van der Waals surface area contributed by atoms with Crippen LogP contribution in [0.2, 0.25) is 0 Å². The van der Waals surface area contributed by atoms with Crippen LogP contribution in [-0.4, -0.2) is 26.1 Å². The Bertz CT molecular complexity index is 764. The lowest BCUT2D eigenvalue weighted by Gasteiger charge is -2.18. The maximum atomic E-state index is 12.5. The summed E-state index contributed by atoms with van der Waals surface area (Å²) >= 11 is 3.49. The van der Waals surface area contributed by atoms with Crippen LogP contribution in [-0.2, 0) is 22.9 Å². The molecule has 0 saturated carbocycles. The molecule has 0 saturated heterocycles. The van der Waals surface area contributed by atoms with Gasteiger partial charge in [0, 0.05) is 17.6 Å². The molecule has 23 heavy (non-hydrogen) atoms. The number of benzene rings is 2. The van der Waals surface area contributed by atoms with Crippen LogP contribution in [0.25, 0.3) is 0 Å². The van der Waals surface area contributed by atoms with E-state index in [1.165, 1.54) is 12.1 Å². The summed E-state index contributed by atoms with van der Waals surface area (Å²) in [4.78, 5) is 1.70. The Morgan fingerprint density at radius 3 is 2.22 bits per heavy atom. The van der Waals surface area contributed by atoms with Crippen molar-refractivity contribution in [2.45, 2.75) is 23.7 Å². The molecular weight excluding hydrogens is 388 g/mol. The molecule has 2 rings (SSSR count). The molecule has 0 aromatic heterocycles. The van der Waals surface area contributed by atoms with Gasteiger partial charge in [0.2, 0.25) is 9.84 Å². The molecular formula is C16H16BrF2NO2S. The molecule has 0 bridgehead atoms. The molecule has 3 nitrogen and oxygen atoms in total. The smallest absolute Gasteiger partial charge is 0.298 e. The summed E-state index contributed by atoms with van der Waals surface area (Å²) in [5, 5.41) is 0. The van der Waals surface area contributed by atoms with E-state index in [1.54, 1.807) is 12.1 Å². The molecule has 7 heteroatoms. The summed E-state index contributed by atoms with van der Waals surface area (Å²) in [5.41, 5.74) is 1.99. The van der Waals surface area contributed by atoms with Gasteiger partial charge in [-0.2, -0.15) is 8.78 Å². The van der Waals surface area contributed by atoms with Crippen LogP contribution in [0.5, 0.6) is 0 Å². The predicted octanol–water partition coefficient (Wildman–Crippen LogP) is 4.08. The van der Waals surface area contributed by atoms with Crippen LogP contribution >= 0.6 is 15.9 Å². The zero-order chi connectivity index (χ0) is 17.0. The van der Waals surface area contributed by atoms with Crippen molar-refractivity contribution in [3.8, 4) is 0 Å². The third kappa shape index (κ3) is 4.59. The van der Waals surface area contributed by atoms with E-state index in [1.807, 2.05) is 31.3 Å². The van der Waals surface area contributed by atoms with Crippen LogP contribution in [0, 0.1) is 0 Å². The fraction of sp³-hybridized carbons (Fsp3) is 0.250. The highest BCUT2D eigenvalue weighted by atomic mass is 79.9. The second-order valence-electron chi connectivity index (χ2n) is 5.21. The van der Waals surface area contributed by atoms with Crippen molar-refractivity contribution >= 4 is 25.8 Å². The van der Waals surface area contributed by atoms with E-state index < -0.39 is 15.6 Å². The molecule has 0 heterocycles. The highest BCUT2D eigenvalue weighted by molar-refractivity contribution is 9.10. The van der Waals surface area contributed by atoms with Crippen LogP contribution in [0.1, 0.15) is 11.1 Å². The Hall–Kier alpha value is -1.31. The first-order valence-corrected chi connectivity index (χ1v) is 9.17. The Kier molecular flexibility index (Phi) is 5.89. The number of rotatable bonds is 6. The molecule has 2 aromatic carbocycles. The number of sulfone groups is 1. The molecule has 124 valence electrons. The lowest BCUT2D eigenvalue weighted by molar-refractivity contribution is 0.234. The Labute approximate surface area is 143 Å². The van der Waals surface area contributed by atoms with Crippen LogP contribution < -0.4 is 0 Å². The highest BCUT2D eigenvalue weighted by Crippen LogP contribution is 2.20. The molecule has 0 aliphatic heterocycles. The SMILES string of the molecule is CN(Cc1ccc(S(=O)(=O)C(F)F)cc1)Cc1ccccc1Br. The van der Waals surface area contributed by atoms with Gasteiger partial charge in [0.05, 0.1) is 4.90 Å². The first kappa shape index (κ1) is 18.0. The maximum absolute atomic E-state index is 12.5. The summed E-state index contributed by atoms with van der Waals surface area (Å²) < 4.78 is 48.8. The number of hydrogen-bond donors (Lipinski definition) is 0. The second kappa shape index (κ2) is 7.51. The van der Waals surface area contributed by atoms with E-state index in [-0.39, 0.29) is 4.90 Å². The van der Waals surface area contributed by atoms with E-state index in [0.717, 1.165) is 15.6 Å². The zero-order valence-electron chi connectivity index (χ0n) is 12.4. The number of nitrogens with zero attached hydrogens (tertiary/aromatic N) is 1. The molecule has 0 fully saturated rings. The Morgan fingerprint density at radius 1 is 1.04 bits per heavy atom. The third-order valence-corrected chi connectivity index (χ3v) is 5.51. The normalized spacial score (nSPS) is 12.1. The van der Waals surface area contributed by atoms with Gasteiger partial charge in [-0.3, -0.25) is 4.90 Å². The van der Waals surface area contributed by atoms with Gasteiger partial charge < -0.3 is 0 Å². The molecule has 0 amide bonds. The average Bonchev–Trinajstić information content (AvgIpc) is 2.50. The molecule has 0 unspecified atom stereocenters. The van der Waals surface area contributed by atoms with Crippen molar-refractivity contribution in [2.24, 2.45) is 0 Å². The quantitative estimate of drug-likeness (QED) is 0.728. The van der Waals surface area contributed by atoms with Crippen molar-refractivity contribution in [1.82, 2.24) is 4.90 Å². The van der Waals surface area contributed by atoms with Gasteiger partial charge in [-0.1, -0.05) is 46.3 Å². The summed E-state index contributed by atoms with van der Waals surface area (Å²) in [6.07, 6.45) is 0. The van der Waals surface area contributed by atoms with E-state index >= 15 is 0 Å². The van der Waals surface area contributed by atoms with E-state index in [4.69, 9.17) is 0 Å². The fourth-order valence-electron chi connectivity index (χ4n) is 2.17. The Morgan fingerprint density at radius 2 is 1.65 bits per heavy atom. The first-order valence-electron chi connectivity index (χ1n) is 6.83. The molecule has 0 aliphatic carbocycles. The average molecular weight is 404 g/mol. The van der Waals surface area contributed by atoms with Gasteiger partial charge in [-0.05, 0) is 36.4 Å². The molecule has 2 aromatic rings. The minimum absolute atomic E-state index is 0.357. The highest BCUT2D eigenvalue weighted by Gasteiger charge is 2.26. The molecule has 0 radical (unpaired) electrons. The maximum Gasteiger partial charge on any atom is 0.341 e. The second-order valence-corrected chi connectivity index (χ2v) is 7.99. The lowest BCUT2D eigenvalue weighted by Crippen LogP contribution is -2.17. The van der Waals surface area contributed by atoms with Crippen LogP contribution in [0.15, 0.2) is 57.9 Å². The van der Waals surface area contributed by atoms with Crippen molar-refractivity contribution in [3.05, 3.63) is 64.1 Å². The summed E-state index contributed by atoms with van der Waals surface area (Å²) in [5.74, 6) is -3.40. The standard InChI is InChI=1S/C16H16BrF2NO2S/c1-20(11-13-4-2-3-5-15(13)17)10-12-6-8-14(9-7-12)23(21,22)16(18)19/h2-9,16H,10-11H2,1H3. The predicted molar refractivity (Wildman–Crippen MR) is 88.9 cm³/mol. The fourth-order valence-corrected chi connectivity index (χ4v) is 3.30. The van der Waals surface area contributed by atoms with E-state index in [2.05, 4.69) is 20.8 Å². The van der Waals surface area contributed by atoms with Crippen molar-refractivity contribution in [3.63, 3.8) is 0 Å². The van der Waals surface area contributed by atoms with Crippen LogP contribution in [0.3, 0.4) is 0 Å². The molecule has 0 aliphatic rings. The lowest BCUT2D eigenvalue weighted by atomic mass is 10.2. The zero-order valence-corrected chi connectivity index (χ0v) is 14.8. The van der Waals surface area contributed by atoms with Crippen LogP contribution in [0.4, 0.5) is 8.78 Å². The van der Waals surface area contributed by atoms with Gasteiger partial charge in [-0.15, -0.1) is 0 Å². The number of halogens is 3. The van der Waals surface area contributed by atoms with E-state index in [0.29, 0.717) is 13.1 Å². The summed E-state index contributed by atoms with van der Waals surface area (Å²) in [7, 11) is -2.60. The van der Waals surface area contributed by atoms with Crippen molar-refractivity contribution in [1.29, 1.82) is 0 Å². The van der Waals surface area contributed by atoms with Crippen molar-refractivity contribution in [2.75, 3.05) is 7.05 Å². The van der Waals surface area contributed by atoms with E-state index in [9.17, 15) is 17.2 Å². The summed E-state index contributed by atoms with van der Waals surface area (Å²) in [6.45, 7) is 1.29. The molecule has 0 N–H and O–H groups in total. The Balaban J connectivity index is 2.05. The number of alkyl halides is 2. The van der Waals surface area contributed by atoms with Gasteiger partial charge >= 0.3 is 5.76 Å². The summed E-state index contributed by atoms with van der Waals surface area (Å²) in [6, 6.07) is 13.4. The topological polar surface area (TPSA) is 37.4 Å². The monoisotopic (exact) mass is 403 g/mol. The van der Waals surface area contributed by atoms with Crippen molar-refractivity contribution < 1.29 is 17.2 Å². The first-order chi connectivity index (χ1) is 10.8. The van der Waals surface area contributed by atoms with Gasteiger partial charge in [0.25, 0.3) is 0 Å². The van der Waals surface area contributed by atoms with Gasteiger partial charge in [0.1, 0.15) is 0 Å². The van der Waals surface area contributed by atoms with Gasteiger partial charge in [-0.25, -0.2) is 8.42 Å². The van der Waals surface area contributed by atoms with Gasteiger partial charge in [0.15, 0.2) is 0 Å². The third-order valence-electron chi connectivity index (χ3n) is 3.34.